The van der Waals surface area contributed by atoms with E-state index in [0.717, 1.165) is 6.61 Å². The monoisotopic (exact) mass is 170 g/mol. The van der Waals surface area contributed by atoms with E-state index in [4.69, 9.17) is 4.74 Å². The Kier molecular flexibility index (Phi) is 10.4. The van der Waals surface area contributed by atoms with Gasteiger partial charge in [-0.2, -0.15) is 0 Å². The molecule has 0 bridgehead atoms. The fourth-order valence-corrected chi connectivity index (χ4v) is 1.21. The number of rotatable bonds is 8. The second-order valence-electron chi connectivity index (χ2n) is 3.12. The van der Waals surface area contributed by atoms with E-state index < -0.39 is 0 Å². The summed E-state index contributed by atoms with van der Waals surface area (Å²) in [5.41, 5.74) is 0. The van der Waals surface area contributed by atoms with Gasteiger partial charge in [-0.3, -0.25) is 0 Å². The van der Waals surface area contributed by atoms with Gasteiger partial charge in [-0.05, 0) is 26.2 Å². The molecule has 0 atom stereocenters. The van der Waals surface area contributed by atoms with Crippen LogP contribution >= 0.6 is 0 Å². The fourth-order valence-electron chi connectivity index (χ4n) is 1.21. The second-order valence-corrected chi connectivity index (χ2v) is 3.12. The van der Waals surface area contributed by atoms with Crippen LogP contribution < -0.4 is 0 Å². The summed E-state index contributed by atoms with van der Waals surface area (Å²) in [6.45, 7) is 3.01. The Bertz CT molecular complexity index is 97.2. The van der Waals surface area contributed by atoms with Gasteiger partial charge in [0.1, 0.15) is 0 Å². The lowest BCUT2D eigenvalue weighted by molar-refractivity contribution is 0.192. The SMILES string of the molecule is CC=CCCCCCCCOC. The maximum atomic E-state index is 4.98. The van der Waals surface area contributed by atoms with Gasteiger partial charge in [0.2, 0.25) is 0 Å². The Balaban J connectivity index is 2.81. The highest BCUT2D eigenvalue weighted by molar-refractivity contribution is 4.76. The number of methoxy groups -OCH3 is 1. The maximum absolute atomic E-state index is 4.98. The van der Waals surface area contributed by atoms with Gasteiger partial charge in [-0.1, -0.05) is 31.4 Å². The third-order valence-corrected chi connectivity index (χ3v) is 1.95. The van der Waals surface area contributed by atoms with Gasteiger partial charge in [0.25, 0.3) is 0 Å². The minimum absolute atomic E-state index is 0.925. The number of unbranched alkanes of at least 4 members (excludes halogenated alkanes) is 5. The van der Waals surface area contributed by atoms with Crippen molar-refractivity contribution in [1.82, 2.24) is 0 Å². The zero-order chi connectivity index (χ0) is 9.07. The van der Waals surface area contributed by atoms with Crippen molar-refractivity contribution in [2.24, 2.45) is 0 Å². The molecule has 0 heterocycles. The lowest BCUT2D eigenvalue weighted by Gasteiger charge is -1.98. The smallest absolute Gasteiger partial charge is 0.0462 e. The van der Waals surface area contributed by atoms with E-state index >= 15 is 0 Å². The van der Waals surface area contributed by atoms with Crippen LogP contribution in [0, 0.1) is 0 Å². The van der Waals surface area contributed by atoms with Gasteiger partial charge in [0.05, 0.1) is 0 Å². The van der Waals surface area contributed by atoms with Crippen molar-refractivity contribution in [3.8, 4) is 0 Å². The minimum atomic E-state index is 0.925. The van der Waals surface area contributed by atoms with Crippen LogP contribution in [0.4, 0.5) is 0 Å². The molecule has 0 aliphatic carbocycles. The summed E-state index contributed by atoms with van der Waals surface area (Å²) in [5.74, 6) is 0. The minimum Gasteiger partial charge on any atom is -0.385 e. The molecule has 0 aliphatic heterocycles. The Morgan fingerprint density at radius 3 is 2.33 bits per heavy atom. The standard InChI is InChI=1S/C11H22O/c1-3-4-5-6-7-8-9-10-11-12-2/h3-4H,5-11H2,1-2H3. The zero-order valence-electron chi connectivity index (χ0n) is 8.51. The molecule has 12 heavy (non-hydrogen) atoms. The molecule has 0 unspecified atom stereocenters. The van der Waals surface area contributed by atoms with Gasteiger partial charge in [0.15, 0.2) is 0 Å². The average molecular weight is 170 g/mol. The van der Waals surface area contributed by atoms with E-state index in [2.05, 4.69) is 19.1 Å². The number of hydrogen-bond donors (Lipinski definition) is 0. The van der Waals surface area contributed by atoms with Crippen molar-refractivity contribution >= 4 is 0 Å². The highest BCUT2D eigenvalue weighted by Gasteiger charge is 1.88. The molecule has 0 saturated carbocycles. The molecule has 0 rings (SSSR count). The molecule has 0 saturated heterocycles. The average Bonchev–Trinajstić information content (AvgIpc) is 2.10. The zero-order valence-corrected chi connectivity index (χ0v) is 8.51. The van der Waals surface area contributed by atoms with Crippen LogP contribution in [0.3, 0.4) is 0 Å². The number of hydrogen-bond acceptors (Lipinski definition) is 1. The lowest BCUT2D eigenvalue weighted by atomic mass is 10.1. The molecule has 0 fully saturated rings. The summed E-state index contributed by atoms with van der Waals surface area (Å²) in [6.07, 6.45) is 12.2. The van der Waals surface area contributed by atoms with Gasteiger partial charge in [0, 0.05) is 13.7 Å². The van der Waals surface area contributed by atoms with Crippen LogP contribution in [0.1, 0.15) is 45.4 Å². The predicted octanol–water partition coefficient (Wildman–Crippen LogP) is 3.55. The van der Waals surface area contributed by atoms with Crippen LogP contribution in [-0.2, 0) is 4.74 Å². The summed E-state index contributed by atoms with van der Waals surface area (Å²) in [5, 5.41) is 0. The van der Waals surface area contributed by atoms with Crippen LogP contribution in [-0.4, -0.2) is 13.7 Å². The summed E-state index contributed by atoms with van der Waals surface area (Å²) >= 11 is 0. The molecule has 0 radical (unpaired) electrons. The normalized spacial score (nSPS) is 11.2. The molecule has 0 aromatic carbocycles. The first-order valence-corrected chi connectivity index (χ1v) is 5.02. The van der Waals surface area contributed by atoms with E-state index in [1.807, 2.05) is 0 Å². The highest BCUT2D eigenvalue weighted by Crippen LogP contribution is 2.05. The molecule has 1 nitrogen and oxygen atoms in total. The molecule has 0 aromatic heterocycles. The molecule has 0 aromatic rings. The summed E-state index contributed by atoms with van der Waals surface area (Å²) in [6, 6.07) is 0. The third kappa shape index (κ3) is 9.70. The molecular formula is C11H22O. The number of allylic oxidation sites excluding steroid dienone is 2. The quantitative estimate of drug-likeness (QED) is 0.400. The summed E-state index contributed by atoms with van der Waals surface area (Å²) < 4.78 is 4.98. The highest BCUT2D eigenvalue weighted by atomic mass is 16.5. The van der Waals surface area contributed by atoms with Crippen LogP contribution in [0.25, 0.3) is 0 Å². The molecule has 0 aliphatic rings. The van der Waals surface area contributed by atoms with Gasteiger partial charge in [-0.15, -0.1) is 0 Å². The Labute approximate surface area is 76.8 Å². The number of ether oxygens (including phenoxy) is 1. The van der Waals surface area contributed by atoms with Crippen molar-refractivity contribution in [1.29, 1.82) is 0 Å². The molecule has 0 N–H and O–H groups in total. The Morgan fingerprint density at radius 1 is 1.00 bits per heavy atom. The second kappa shape index (κ2) is 10.7. The predicted molar refractivity (Wildman–Crippen MR) is 54.4 cm³/mol. The summed E-state index contributed by atoms with van der Waals surface area (Å²) in [7, 11) is 1.77. The Morgan fingerprint density at radius 2 is 1.67 bits per heavy atom. The molecule has 1 heteroatoms. The van der Waals surface area contributed by atoms with Crippen molar-refractivity contribution < 1.29 is 4.74 Å². The topological polar surface area (TPSA) is 9.23 Å². The van der Waals surface area contributed by atoms with E-state index in [0.29, 0.717) is 0 Å². The largest absolute Gasteiger partial charge is 0.385 e. The first kappa shape index (κ1) is 11.7. The molecule has 0 amide bonds. The Hall–Kier alpha value is -0.300. The first-order chi connectivity index (χ1) is 5.91. The van der Waals surface area contributed by atoms with Gasteiger partial charge < -0.3 is 4.74 Å². The summed E-state index contributed by atoms with van der Waals surface area (Å²) in [4.78, 5) is 0. The van der Waals surface area contributed by atoms with E-state index in [9.17, 15) is 0 Å². The van der Waals surface area contributed by atoms with Crippen LogP contribution in [0.5, 0.6) is 0 Å². The van der Waals surface area contributed by atoms with E-state index in [-0.39, 0.29) is 0 Å². The van der Waals surface area contributed by atoms with E-state index in [1.54, 1.807) is 7.11 Å². The van der Waals surface area contributed by atoms with Crippen molar-refractivity contribution in [3.63, 3.8) is 0 Å². The third-order valence-electron chi connectivity index (χ3n) is 1.95. The van der Waals surface area contributed by atoms with Gasteiger partial charge in [-0.25, -0.2) is 0 Å². The fraction of sp³-hybridized carbons (Fsp3) is 0.818. The van der Waals surface area contributed by atoms with Crippen LogP contribution in [0.2, 0.25) is 0 Å². The molecular weight excluding hydrogens is 148 g/mol. The van der Waals surface area contributed by atoms with Crippen molar-refractivity contribution in [2.75, 3.05) is 13.7 Å². The molecule has 0 spiro atoms. The lowest BCUT2D eigenvalue weighted by Crippen LogP contribution is -1.87. The maximum Gasteiger partial charge on any atom is 0.0462 e. The van der Waals surface area contributed by atoms with Gasteiger partial charge >= 0.3 is 0 Å². The van der Waals surface area contributed by atoms with E-state index in [1.165, 1.54) is 38.5 Å². The van der Waals surface area contributed by atoms with Crippen molar-refractivity contribution in [2.45, 2.75) is 45.4 Å². The molecule has 72 valence electrons. The first-order valence-electron chi connectivity index (χ1n) is 5.02. The van der Waals surface area contributed by atoms with Crippen LogP contribution in [0.15, 0.2) is 12.2 Å². The van der Waals surface area contributed by atoms with Crippen molar-refractivity contribution in [3.05, 3.63) is 12.2 Å².